The molecule has 2 N–H and O–H groups in total. The molecule has 110 valence electrons. The van der Waals surface area contributed by atoms with Crippen LogP contribution in [0.2, 0.25) is 0 Å². The van der Waals surface area contributed by atoms with Gasteiger partial charge in [0.25, 0.3) is 5.56 Å². The predicted octanol–water partition coefficient (Wildman–Crippen LogP) is 2.61. The van der Waals surface area contributed by atoms with Crippen molar-refractivity contribution in [3.63, 3.8) is 0 Å². The second-order valence-corrected chi connectivity index (χ2v) is 5.87. The highest BCUT2D eigenvalue weighted by Crippen LogP contribution is 2.36. The van der Waals surface area contributed by atoms with Crippen molar-refractivity contribution in [1.29, 1.82) is 0 Å². The fourth-order valence-electron chi connectivity index (χ4n) is 2.97. The van der Waals surface area contributed by atoms with Gasteiger partial charge in [-0.05, 0) is 43.9 Å². The summed E-state index contributed by atoms with van der Waals surface area (Å²) in [5.74, 6) is 0.151. The number of benzene rings is 1. The SMILES string of the molecule is Cc1c(O)c2c([nH]c1=O)-c1ccc(N(C)C)cc1CCC2. The minimum Gasteiger partial charge on any atom is -0.507 e. The summed E-state index contributed by atoms with van der Waals surface area (Å²) in [6, 6.07) is 6.25. The van der Waals surface area contributed by atoms with E-state index in [2.05, 4.69) is 16.0 Å². The third kappa shape index (κ3) is 2.20. The highest BCUT2D eigenvalue weighted by molar-refractivity contribution is 5.73. The van der Waals surface area contributed by atoms with E-state index in [1.54, 1.807) is 6.92 Å². The summed E-state index contributed by atoms with van der Waals surface area (Å²) in [7, 11) is 4.03. The van der Waals surface area contributed by atoms with Crippen molar-refractivity contribution in [2.24, 2.45) is 0 Å². The first-order chi connectivity index (χ1) is 9.99. The lowest BCUT2D eigenvalue weighted by Gasteiger charge is -2.16. The molecule has 3 rings (SSSR count). The number of rotatable bonds is 1. The minimum atomic E-state index is -0.212. The molecule has 1 heterocycles. The van der Waals surface area contributed by atoms with Crippen LogP contribution in [0.1, 0.15) is 23.1 Å². The Hall–Kier alpha value is -2.23. The van der Waals surface area contributed by atoms with Gasteiger partial charge >= 0.3 is 0 Å². The van der Waals surface area contributed by atoms with Crippen LogP contribution in [0.25, 0.3) is 11.3 Å². The van der Waals surface area contributed by atoms with E-state index in [0.717, 1.165) is 41.8 Å². The van der Waals surface area contributed by atoms with E-state index < -0.39 is 0 Å². The summed E-state index contributed by atoms with van der Waals surface area (Å²) in [6.07, 6.45) is 2.70. The third-order valence-corrected chi connectivity index (χ3v) is 4.27. The number of aromatic amines is 1. The van der Waals surface area contributed by atoms with Crippen LogP contribution in [-0.4, -0.2) is 24.2 Å². The van der Waals surface area contributed by atoms with Gasteiger partial charge in [0.05, 0.1) is 11.3 Å². The Morgan fingerprint density at radius 1 is 1.24 bits per heavy atom. The van der Waals surface area contributed by atoms with Crippen molar-refractivity contribution >= 4 is 5.69 Å². The van der Waals surface area contributed by atoms with Gasteiger partial charge in [-0.15, -0.1) is 0 Å². The molecule has 0 fully saturated rings. The van der Waals surface area contributed by atoms with Crippen LogP contribution < -0.4 is 10.5 Å². The molecule has 0 saturated heterocycles. The number of nitrogens with zero attached hydrogens (tertiary/aromatic N) is 1. The zero-order valence-electron chi connectivity index (χ0n) is 12.7. The average molecular weight is 284 g/mol. The van der Waals surface area contributed by atoms with Gasteiger partial charge in [0.1, 0.15) is 5.75 Å². The number of aromatic nitrogens is 1. The first kappa shape index (κ1) is 13.7. The van der Waals surface area contributed by atoms with Gasteiger partial charge in [0, 0.05) is 30.9 Å². The van der Waals surface area contributed by atoms with Crippen molar-refractivity contribution in [3.8, 4) is 17.0 Å². The average Bonchev–Trinajstić information content (AvgIpc) is 2.64. The second-order valence-electron chi connectivity index (χ2n) is 5.87. The summed E-state index contributed by atoms with van der Waals surface area (Å²) < 4.78 is 0. The van der Waals surface area contributed by atoms with Crippen LogP contribution in [0.15, 0.2) is 23.0 Å². The van der Waals surface area contributed by atoms with Crippen molar-refractivity contribution < 1.29 is 5.11 Å². The monoisotopic (exact) mass is 284 g/mol. The number of nitrogens with one attached hydrogen (secondary N) is 1. The van der Waals surface area contributed by atoms with Gasteiger partial charge in [0.2, 0.25) is 0 Å². The lowest BCUT2D eigenvalue weighted by Crippen LogP contribution is -2.13. The van der Waals surface area contributed by atoms with Gasteiger partial charge in [-0.2, -0.15) is 0 Å². The van der Waals surface area contributed by atoms with E-state index in [9.17, 15) is 9.90 Å². The fourth-order valence-corrected chi connectivity index (χ4v) is 2.97. The Labute approximate surface area is 124 Å². The molecule has 2 aromatic rings. The summed E-state index contributed by atoms with van der Waals surface area (Å²) in [4.78, 5) is 17.0. The van der Waals surface area contributed by atoms with E-state index in [0.29, 0.717) is 5.56 Å². The molecule has 4 heteroatoms. The molecule has 0 radical (unpaired) electrons. The first-order valence-corrected chi connectivity index (χ1v) is 7.24. The molecule has 1 aliphatic carbocycles. The van der Waals surface area contributed by atoms with Crippen LogP contribution in [0.3, 0.4) is 0 Å². The van der Waals surface area contributed by atoms with Crippen LogP contribution in [0.4, 0.5) is 5.69 Å². The minimum absolute atomic E-state index is 0.151. The smallest absolute Gasteiger partial charge is 0.255 e. The Morgan fingerprint density at radius 3 is 2.71 bits per heavy atom. The predicted molar refractivity (Wildman–Crippen MR) is 85.3 cm³/mol. The summed E-state index contributed by atoms with van der Waals surface area (Å²) in [6.45, 7) is 1.66. The molecule has 0 unspecified atom stereocenters. The maximum Gasteiger partial charge on any atom is 0.255 e. The lowest BCUT2D eigenvalue weighted by molar-refractivity contribution is 0.461. The molecule has 0 saturated carbocycles. The number of aryl methyl sites for hydroxylation is 1. The van der Waals surface area contributed by atoms with Crippen molar-refractivity contribution in [1.82, 2.24) is 4.98 Å². The van der Waals surface area contributed by atoms with E-state index in [1.807, 2.05) is 26.2 Å². The molecule has 0 spiro atoms. The van der Waals surface area contributed by atoms with E-state index >= 15 is 0 Å². The molecule has 4 nitrogen and oxygen atoms in total. The van der Waals surface area contributed by atoms with Crippen molar-refractivity contribution in [2.75, 3.05) is 19.0 Å². The van der Waals surface area contributed by atoms with Gasteiger partial charge in [0.15, 0.2) is 0 Å². The highest BCUT2D eigenvalue weighted by atomic mass is 16.3. The van der Waals surface area contributed by atoms with Gasteiger partial charge < -0.3 is 15.0 Å². The van der Waals surface area contributed by atoms with Gasteiger partial charge in [-0.1, -0.05) is 6.07 Å². The Kier molecular flexibility index (Phi) is 3.24. The summed E-state index contributed by atoms with van der Waals surface area (Å²) in [5, 5.41) is 10.3. The number of hydrogen-bond donors (Lipinski definition) is 2. The summed E-state index contributed by atoms with van der Waals surface area (Å²) in [5.41, 5.74) is 5.23. The van der Waals surface area contributed by atoms with Crippen LogP contribution in [0, 0.1) is 6.92 Å². The van der Waals surface area contributed by atoms with E-state index in [4.69, 9.17) is 0 Å². The normalized spacial score (nSPS) is 13.3. The lowest BCUT2D eigenvalue weighted by atomic mass is 9.99. The second kappa shape index (κ2) is 4.95. The molecule has 1 aliphatic rings. The Balaban J connectivity index is 2.27. The standard InChI is InChI=1S/C17H20N2O2/c1-10-16(20)14-6-4-5-11-9-12(19(2)3)7-8-13(11)15(14)18-17(10)21/h7-9H,4-6H2,1-3H3,(H2,18,20,21). The molecule has 1 aromatic carbocycles. The third-order valence-electron chi connectivity index (χ3n) is 4.27. The van der Waals surface area contributed by atoms with E-state index in [-0.39, 0.29) is 11.3 Å². The van der Waals surface area contributed by atoms with E-state index in [1.165, 1.54) is 5.56 Å². The molecule has 1 aromatic heterocycles. The Bertz CT molecular complexity index is 760. The van der Waals surface area contributed by atoms with Crippen LogP contribution >= 0.6 is 0 Å². The van der Waals surface area contributed by atoms with Crippen LogP contribution in [0.5, 0.6) is 5.75 Å². The largest absolute Gasteiger partial charge is 0.507 e. The number of hydrogen-bond acceptors (Lipinski definition) is 3. The van der Waals surface area contributed by atoms with Gasteiger partial charge in [-0.3, -0.25) is 4.79 Å². The first-order valence-electron chi connectivity index (χ1n) is 7.24. The molecule has 0 amide bonds. The number of fused-ring (bicyclic) bond motifs is 3. The number of pyridine rings is 1. The molecular weight excluding hydrogens is 264 g/mol. The molecular formula is C17H20N2O2. The molecule has 0 bridgehead atoms. The Morgan fingerprint density at radius 2 is 2.00 bits per heavy atom. The maximum atomic E-state index is 12.0. The zero-order chi connectivity index (χ0) is 15.1. The number of anilines is 1. The van der Waals surface area contributed by atoms with Gasteiger partial charge in [-0.25, -0.2) is 0 Å². The molecule has 21 heavy (non-hydrogen) atoms. The topological polar surface area (TPSA) is 56.3 Å². The fraction of sp³-hybridized carbons (Fsp3) is 0.353. The van der Waals surface area contributed by atoms with Crippen molar-refractivity contribution in [3.05, 3.63) is 45.2 Å². The number of H-pyrrole nitrogens is 1. The highest BCUT2D eigenvalue weighted by Gasteiger charge is 2.20. The van der Waals surface area contributed by atoms with Crippen LogP contribution in [-0.2, 0) is 12.8 Å². The zero-order valence-corrected chi connectivity index (χ0v) is 12.7. The quantitative estimate of drug-likeness (QED) is 0.846. The summed E-state index contributed by atoms with van der Waals surface area (Å²) >= 11 is 0. The molecule has 0 atom stereocenters. The van der Waals surface area contributed by atoms with Crippen molar-refractivity contribution in [2.45, 2.75) is 26.2 Å². The maximum absolute atomic E-state index is 12.0. The molecule has 0 aliphatic heterocycles. The number of aromatic hydroxyl groups is 1.